The molecule has 0 aliphatic carbocycles. The smallest absolute Gasteiger partial charge is 0.241 e. The maximum atomic E-state index is 13.1. The second-order valence-electron chi connectivity index (χ2n) is 9.51. The van der Waals surface area contributed by atoms with E-state index in [2.05, 4.69) is 33.7 Å². The molecule has 186 valence electrons. The van der Waals surface area contributed by atoms with E-state index >= 15 is 0 Å². The van der Waals surface area contributed by atoms with Crippen LogP contribution in [-0.4, -0.2) is 44.8 Å². The topological polar surface area (TPSA) is 83.8 Å². The maximum absolute atomic E-state index is 13.1. The van der Waals surface area contributed by atoms with Crippen molar-refractivity contribution in [1.82, 2.24) is 5.32 Å². The lowest BCUT2D eigenvalue weighted by atomic mass is 10.0. The van der Waals surface area contributed by atoms with E-state index in [4.69, 9.17) is 9.15 Å². The Hall–Kier alpha value is -3.72. The number of para-hydroxylation sites is 1. The molecule has 0 saturated carbocycles. The predicted molar refractivity (Wildman–Crippen MR) is 149 cm³/mol. The van der Waals surface area contributed by atoms with Gasteiger partial charge in [-0.05, 0) is 37.2 Å². The normalized spacial score (nSPS) is 17.8. The number of benzene rings is 3. The first-order chi connectivity index (χ1) is 18.2. The van der Waals surface area contributed by atoms with Crippen LogP contribution in [0.4, 0.5) is 11.6 Å². The summed E-state index contributed by atoms with van der Waals surface area (Å²) >= 11 is 1.71. The van der Waals surface area contributed by atoms with Gasteiger partial charge in [0.2, 0.25) is 5.91 Å². The molecule has 0 bridgehead atoms. The van der Waals surface area contributed by atoms with Crippen LogP contribution in [-0.2, 0) is 9.53 Å². The van der Waals surface area contributed by atoms with Gasteiger partial charge in [0, 0.05) is 56.1 Å². The molecule has 5 aromatic rings. The molecule has 2 aliphatic rings. The highest BCUT2D eigenvalue weighted by molar-refractivity contribution is 7.26. The Labute approximate surface area is 216 Å². The van der Waals surface area contributed by atoms with Gasteiger partial charge in [-0.15, -0.1) is 11.3 Å². The Bertz CT molecular complexity index is 1730. The van der Waals surface area contributed by atoms with Gasteiger partial charge in [0.1, 0.15) is 5.58 Å². The van der Waals surface area contributed by atoms with Gasteiger partial charge in [0.15, 0.2) is 11.3 Å². The molecule has 1 amide bonds. The Morgan fingerprint density at radius 1 is 0.973 bits per heavy atom. The number of fused-ring (bicyclic) bond motifs is 4. The summed E-state index contributed by atoms with van der Waals surface area (Å²) in [5, 5.41) is 8.97. The molecule has 3 aromatic carbocycles. The van der Waals surface area contributed by atoms with Crippen molar-refractivity contribution in [2.45, 2.75) is 12.5 Å². The van der Waals surface area contributed by atoms with Crippen molar-refractivity contribution in [2.24, 2.45) is 0 Å². The van der Waals surface area contributed by atoms with Crippen LogP contribution >= 0.6 is 11.3 Å². The van der Waals surface area contributed by atoms with Crippen LogP contribution in [0.3, 0.4) is 0 Å². The molecule has 2 fully saturated rings. The Morgan fingerprint density at radius 3 is 2.54 bits per heavy atom. The number of carbonyl (C=O) groups excluding carboxylic acids is 1. The number of ether oxygens (including phenoxy) is 1. The molecule has 2 N–H and O–H groups in total. The first-order valence-electron chi connectivity index (χ1n) is 12.6. The summed E-state index contributed by atoms with van der Waals surface area (Å²) in [6.45, 7) is 3.50. The van der Waals surface area contributed by atoms with Crippen LogP contribution in [0, 0.1) is 0 Å². The first-order valence-corrected chi connectivity index (χ1v) is 13.4. The fourth-order valence-corrected chi connectivity index (χ4v) is 6.36. The number of hydrogen-bond donors (Lipinski definition) is 2. The van der Waals surface area contributed by atoms with Gasteiger partial charge in [0.25, 0.3) is 0 Å². The lowest BCUT2D eigenvalue weighted by Gasteiger charge is -2.27. The summed E-state index contributed by atoms with van der Waals surface area (Å²) in [5.74, 6) is 0.589. The van der Waals surface area contributed by atoms with Crippen LogP contribution in [0.2, 0.25) is 0 Å². The SMILES string of the molecule is O=C(Nc1ccc2sc3c(-c4cccc5c(=O)cc(N6CCOCC6)oc45)cccc3c2c1)C1CCN1. The molecule has 1 atom stereocenters. The number of amides is 1. The van der Waals surface area contributed by atoms with Gasteiger partial charge in [0.05, 0.1) is 24.6 Å². The molecule has 7 rings (SSSR count). The van der Waals surface area contributed by atoms with E-state index in [0.29, 0.717) is 43.2 Å². The minimum absolute atomic E-state index is 0.00711. The molecular formula is C29H25N3O4S. The minimum Gasteiger partial charge on any atom is -0.440 e. The van der Waals surface area contributed by atoms with E-state index in [1.165, 1.54) is 0 Å². The lowest BCUT2D eigenvalue weighted by Crippen LogP contribution is -2.50. The van der Waals surface area contributed by atoms with E-state index in [-0.39, 0.29) is 17.4 Å². The van der Waals surface area contributed by atoms with Crippen LogP contribution in [0.1, 0.15) is 6.42 Å². The molecule has 7 nitrogen and oxygen atoms in total. The second kappa shape index (κ2) is 8.99. The van der Waals surface area contributed by atoms with Gasteiger partial charge < -0.3 is 24.7 Å². The highest BCUT2D eigenvalue weighted by Crippen LogP contribution is 2.42. The second-order valence-corrected chi connectivity index (χ2v) is 10.6. The molecule has 1 unspecified atom stereocenters. The number of hydrogen-bond acceptors (Lipinski definition) is 7. The van der Waals surface area contributed by atoms with Gasteiger partial charge in [-0.1, -0.05) is 30.3 Å². The molecule has 2 aromatic heterocycles. The largest absolute Gasteiger partial charge is 0.440 e. The highest BCUT2D eigenvalue weighted by Gasteiger charge is 2.24. The lowest BCUT2D eigenvalue weighted by molar-refractivity contribution is -0.119. The third-order valence-electron chi connectivity index (χ3n) is 7.26. The van der Waals surface area contributed by atoms with Crippen LogP contribution in [0.15, 0.2) is 69.9 Å². The van der Waals surface area contributed by atoms with E-state index in [1.54, 1.807) is 17.4 Å². The fraction of sp³-hybridized carbons (Fsp3) is 0.241. The Kier molecular flexibility index (Phi) is 5.46. The molecule has 37 heavy (non-hydrogen) atoms. The van der Waals surface area contributed by atoms with Gasteiger partial charge in [-0.2, -0.15) is 0 Å². The number of carbonyl (C=O) groups is 1. The van der Waals surface area contributed by atoms with Crippen molar-refractivity contribution >= 4 is 60.0 Å². The maximum Gasteiger partial charge on any atom is 0.241 e. The van der Waals surface area contributed by atoms with Crippen molar-refractivity contribution in [3.63, 3.8) is 0 Å². The summed E-state index contributed by atoms with van der Waals surface area (Å²) < 4.78 is 14.1. The van der Waals surface area contributed by atoms with Crippen LogP contribution in [0.25, 0.3) is 42.3 Å². The average Bonchev–Trinajstić information content (AvgIpc) is 3.26. The van der Waals surface area contributed by atoms with Crippen LogP contribution in [0.5, 0.6) is 0 Å². The Balaban J connectivity index is 1.36. The van der Waals surface area contributed by atoms with Gasteiger partial charge in [-0.25, -0.2) is 0 Å². The molecule has 2 aliphatic heterocycles. The van der Waals surface area contributed by atoms with E-state index in [0.717, 1.165) is 50.0 Å². The zero-order valence-corrected chi connectivity index (χ0v) is 20.9. The number of anilines is 2. The predicted octanol–water partition coefficient (Wildman–Crippen LogP) is 4.96. The quantitative estimate of drug-likeness (QED) is 0.355. The van der Waals surface area contributed by atoms with Gasteiger partial charge >= 0.3 is 0 Å². The fourth-order valence-electron chi connectivity index (χ4n) is 5.15. The number of morpholine rings is 1. The third kappa shape index (κ3) is 3.89. The molecular weight excluding hydrogens is 486 g/mol. The van der Waals surface area contributed by atoms with Crippen molar-refractivity contribution in [1.29, 1.82) is 0 Å². The van der Waals surface area contributed by atoms with E-state index < -0.39 is 0 Å². The van der Waals surface area contributed by atoms with Crippen LogP contribution < -0.4 is 21.0 Å². The molecule has 2 saturated heterocycles. The molecule has 8 heteroatoms. The monoisotopic (exact) mass is 511 g/mol. The summed E-state index contributed by atoms with van der Waals surface area (Å²) in [6, 6.07) is 19.5. The average molecular weight is 512 g/mol. The van der Waals surface area contributed by atoms with Crippen molar-refractivity contribution in [2.75, 3.05) is 43.1 Å². The first kappa shape index (κ1) is 22.5. The number of rotatable bonds is 4. The molecule has 4 heterocycles. The number of thiophene rings is 1. The summed E-state index contributed by atoms with van der Waals surface area (Å²) in [6.07, 6.45) is 0.868. The Morgan fingerprint density at radius 2 is 1.76 bits per heavy atom. The number of nitrogens with zero attached hydrogens (tertiary/aromatic N) is 1. The summed E-state index contributed by atoms with van der Waals surface area (Å²) in [5.41, 5.74) is 3.27. The van der Waals surface area contributed by atoms with Crippen molar-refractivity contribution < 1.29 is 13.9 Å². The zero-order chi connectivity index (χ0) is 24.9. The zero-order valence-electron chi connectivity index (χ0n) is 20.1. The highest BCUT2D eigenvalue weighted by atomic mass is 32.1. The third-order valence-corrected chi connectivity index (χ3v) is 8.48. The summed E-state index contributed by atoms with van der Waals surface area (Å²) in [4.78, 5) is 27.6. The van der Waals surface area contributed by atoms with E-state index in [9.17, 15) is 9.59 Å². The number of nitrogens with one attached hydrogen (secondary N) is 2. The van der Waals surface area contributed by atoms with Crippen molar-refractivity contribution in [3.05, 3.63) is 70.9 Å². The molecule has 0 radical (unpaired) electrons. The standard InChI is InChI=1S/C29H25N3O4S/c33-24-16-26(32-11-13-35-14-12-32)36-27-18(3-1-6-21(24)27)19-4-2-5-20-22-15-17(7-8-25(22)37-28(19)20)31-29(34)23-9-10-30-23/h1-8,15-16,23,30H,9-14H2,(H,31,34). The summed E-state index contributed by atoms with van der Waals surface area (Å²) in [7, 11) is 0. The van der Waals surface area contributed by atoms with E-state index in [1.807, 2.05) is 36.4 Å². The van der Waals surface area contributed by atoms with Crippen molar-refractivity contribution in [3.8, 4) is 11.1 Å². The minimum atomic E-state index is -0.107. The van der Waals surface area contributed by atoms with Gasteiger partial charge in [-0.3, -0.25) is 9.59 Å². The molecule has 0 spiro atoms.